The first-order valence-corrected chi connectivity index (χ1v) is 11.1. The number of anilines is 1. The number of rotatable bonds is 2. The van der Waals surface area contributed by atoms with Crippen molar-refractivity contribution in [1.82, 2.24) is 10.3 Å². The number of aromatic amines is 1. The fourth-order valence-electron chi connectivity index (χ4n) is 5.95. The number of carbonyl (C=O) groups is 1. The van der Waals surface area contributed by atoms with E-state index in [9.17, 15) is 4.79 Å². The molecule has 0 fully saturated rings. The van der Waals surface area contributed by atoms with Gasteiger partial charge in [0.1, 0.15) is 5.75 Å². The van der Waals surface area contributed by atoms with Crippen LogP contribution in [0, 0.1) is 0 Å². The summed E-state index contributed by atoms with van der Waals surface area (Å²) in [5.41, 5.74) is 6.21. The number of hydrogen-bond donors (Lipinski definition) is 2. The molecule has 0 saturated carbocycles. The Labute approximate surface area is 182 Å². The average Bonchev–Trinajstić information content (AvgIpc) is 3.23. The van der Waals surface area contributed by atoms with Crippen LogP contribution in [0.15, 0.2) is 42.5 Å². The third-order valence-electron chi connectivity index (χ3n) is 7.07. The number of allylic oxidation sites excluding steroid dienone is 1. The largest absolute Gasteiger partial charge is 0.494 e. The Morgan fingerprint density at radius 1 is 1.19 bits per heavy atom. The van der Waals surface area contributed by atoms with E-state index in [2.05, 4.69) is 67.5 Å². The Morgan fingerprint density at radius 2 is 2.00 bits per heavy atom. The van der Waals surface area contributed by atoms with Gasteiger partial charge in [0.15, 0.2) is 5.54 Å². The standard InChI is InChI=1S/C26H27N3O2/c1-5-31-16-12-19-15(2)14-25(3,4)29-22(19)20(13-16)26(24(29)30)23-18(10-11-27-26)17-8-6-7-9-21(17)28-23/h6-9,12-14,27-28H,5,10-11H2,1-4H3/t26-/m0/s1. The number of benzene rings is 2. The number of carbonyl (C=O) groups excluding carboxylic acids is 1. The van der Waals surface area contributed by atoms with Gasteiger partial charge in [0.25, 0.3) is 5.91 Å². The van der Waals surface area contributed by atoms with Crippen molar-refractivity contribution in [3.05, 3.63) is 64.9 Å². The molecule has 158 valence electrons. The predicted octanol–water partition coefficient (Wildman–Crippen LogP) is 4.50. The van der Waals surface area contributed by atoms with Gasteiger partial charge in [-0.15, -0.1) is 0 Å². The summed E-state index contributed by atoms with van der Waals surface area (Å²) in [7, 11) is 0. The minimum absolute atomic E-state index is 0.0821. The maximum Gasteiger partial charge on any atom is 0.258 e. The van der Waals surface area contributed by atoms with Gasteiger partial charge in [-0.05, 0) is 63.5 Å². The molecule has 1 aromatic heterocycles. The smallest absolute Gasteiger partial charge is 0.258 e. The predicted molar refractivity (Wildman–Crippen MR) is 124 cm³/mol. The normalized spacial score (nSPS) is 23.2. The van der Waals surface area contributed by atoms with E-state index in [1.54, 1.807) is 0 Å². The highest BCUT2D eigenvalue weighted by Gasteiger charge is 2.59. The van der Waals surface area contributed by atoms with Crippen molar-refractivity contribution in [2.45, 2.75) is 45.2 Å². The van der Waals surface area contributed by atoms with Crippen LogP contribution >= 0.6 is 0 Å². The lowest BCUT2D eigenvalue weighted by Gasteiger charge is -2.40. The number of nitrogens with zero attached hydrogens (tertiary/aromatic N) is 1. The van der Waals surface area contributed by atoms with E-state index in [0.717, 1.165) is 46.7 Å². The van der Waals surface area contributed by atoms with E-state index in [4.69, 9.17) is 4.74 Å². The summed E-state index contributed by atoms with van der Waals surface area (Å²) in [5, 5.41) is 4.86. The van der Waals surface area contributed by atoms with E-state index in [1.807, 2.05) is 17.9 Å². The van der Waals surface area contributed by atoms with Crippen molar-refractivity contribution in [3.63, 3.8) is 0 Å². The fraction of sp³-hybridized carbons (Fsp3) is 0.346. The zero-order valence-corrected chi connectivity index (χ0v) is 18.4. The molecule has 3 aromatic rings. The minimum atomic E-state index is -0.931. The Hall–Kier alpha value is -3.05. The van der Waals surface area contributed by atoms with Crippen LogP contribution in [0.1, 0.15) is 50.1 Å². The van der Waals surface area contributed by atoms with E-state index in [0.29, 0.717) is 6.61 Å². The first kappa shape index (κ1) is 18.7. The monoisotopic (exact) mass is 413 g/mol. The third-order valence-corrected chi connectivity index (χ3v) is 7.07. The number of fused-ring (bicyclic) bond motifs is 5. The Bertz CT molecular complexity index is 1300. The van der Waals surface area contributed by atoms with E-state index in [-0.39, 0.29) is 5.91 Å². The van der Waals surface area contributed by atoms with Gasteiger partial charge in [-0.1, -0.05) is 24.3 Å². The van der Waals surface area contributed by atoms with Crippen molar-refractivity contribution < 1.29 is 9.53 Å². The van der Waals surface area contributed by atoms with Crippen molar-refractivity contribution >= 4 is 28.1 Å². The second-order valence-corrected chi connectivity index (χ2v) is 9.37. The molecule has 1 spiro atoms. The highest BCUT2D eigenvalue weighted by Crippen LogP contribution is 2.55. The fourth-order valence-corrected chi connectivity index (χ4v) is 5.95. The summed E-state index contributed by atoms with van der Waals surface area (Å²) in [5.74, 6) is 0.890. The summed E-state index contributed by atoms with van der Waals surface area (Å²) in [6.07, 6.45) is 3.09. The summed E-state index contributed by atoms with van der Waals surface area (Å²) in [6, 6.07) is 12.5. The first-order chi connectivity index (χ1) is 14.9. The molecular formula is C26H27N3O2. The molecule has 0 unspecified atom stereocenters. The van der Waals surface area contributed by atoms with Crippen molar-refractivity contribution in [2.75, 3.05) is 18.1 Å². The van der Waals surface area contributed by atoms with Crippen LogP contribution in [0.2, 0.25) is 0 Å². The third kappa shape index (κ3) is 2.22. The molecule has 3 aliphatic rings. The van der Waals surface area contributed by atoms with Crippen LogP contribution in [0.4, 0.5) is 5.69 Å². The second-order valence-electron chi connectivity index (χ2n) is 9.37. The van der Waals surface area contributed by atoms with Gasteiger partial charge >= 0.3 is 0 Å². The van der Waals surface area contributed by atoms with E-state index < -0.39 is 11.1 Å². The van der Waals surface area contributed by atoms with Gasteiger partial charge in [0.05, 0.1) is 23.5 Å². The van der Waals surface area contributed by atoms with Crippen LogP contribution in [-0.2, 0) is 16.8 Å². The topological polar surface area (TPSA) is 57.4 Å². The van der Waals surface area contributed by atoms with E-state index >= 15 is 0 Å². The molecule has 31 heavy (non-hydrogen) atoms. The van der Waals surface area contributed by atoms with Gasteiger partial charge in [0.2, 0.25) is 0 Å². The van der Waals surface area contributed by atoms with Crippen molar-refractivity contribution in [3.8, 4) is 5.75 Å². The molecular weight excluding hydrogens is 386 g/mol. The summed E-state index contributed by atoms with van der Waals surface area (Å²) < 4.78 is 5.95. The second kappa shape index (κ2) is 6.01. The quantitative estimate of drug-likeness (QED) is 0.650. The lowest BCUT2D eigenvalue weighted by molar-refractivity contribution is -0.123. The SMILES string of the molecule is CCOc1cc2c3c(c1)[C@@]1(NCCc4c1[nH]c1ccccc41)C(=O)N3C(C)(C)C=C2C. The molecule has 4 heterocycles. The molecule has 0 radical (unpaired) electrons. The minimum Gasteiger partial charge on any atom is -0.494 e. The number of H-pyrrole nitrogens is 1. The molecule has 3 aliphatic heterocycles. The summed E-state index contributed by atoms with van der Waals surface area (Å²) in [4.78, 5) is 20.0. The summed E-state index contributed by atoms with van der Waals surface area (Å²) >= 11 is 0. The number of nitrogens with one attached hydrogen (secondary N) is 2. The van der Waals surface area contributed by atoms with E-state index in [1.165, 1.54) is 16.5 Å². The highest BCUT2D eigenvalue weighted by molar-refractivity contribution is 6.15. The molecule has 5 heteroatoms. The van der Waals surface area contributed by atoms with Gasteiger partial charge in [-0.25, -0.2) is 0 Å². The molecule has 2 N–H and O–H groups in total. The number of hydrogen-bond acceptors (Lipinski definition) is 3. The number of ether oxygens (including phenoxy) is 1. The maximum absolute atomic E-state index is 14.4. The maximum atomic E-state index is 14.4. The molecule has 0 bridgehead atoms. The molecule has 2 aromatic carbocycles. The molecule has 0 saturated heterocycles. The lowest BCUT2D eigenvalue weighted by atomic mass is 9.81. The Morgan fingerprint density at radius 3 is 2.81 bits per heavy atom. The highest BCUT2D eigenvalue weighted by atomic mass is 16.5. The molecule has 5 nitrogen and oxygen atoms in total. The van der Waals surface area contributed by atoms with Gasteiger partial charge in [-0.3, -0.25) is 10.1 Å². The van der Waals surface area contributed by atoms with Crippen LogP contribution in [0.25, 0.3) is 16.5 Å². The van der Waals surface area contributed by atoms with Crippen LogP contribution < -0.4 is 15.0 Å². The molecule has 0 aliphatic carbocycles. The number of amides is 1. The zero-order chi connectivity index (χ0) is 21.5. The number of para-hydroxylation sites is 1. The van der Waals surface area contributed by atoms with Crippen LogP contribution in [-0.4, -0.2) is 29.6 Å². The van der Waals surface area contributed by atoms with Crippen molar-refractivity contribution in [1.29, 1.82) is 0 Å². The summed E-state index contributed by atoms with van der Waals surface area (Å²) in [6.45, 7) is 9.68. The van der Waals surface area contributed by atoms with Gasteiger partial charge < -0.3 is 14.6 Å². The van der Waals surface area contributed by atoms with Crippen LogP contribution in [0.3, 0.4) is 0 Å². The average molecular weight is 414 g/mol. The molecule has 6 rings (SSSR count). The Balaban J connectivity index is 1.72. The van der Waals surface area contributed by atoms with Crippen molar-refractivity contribution in [2.24, 2.45) is 0 Å². The molecule has 1 amide bonds. The molecule has 1 atom stereocenters. The Kier molecular flexibility index (Phi) is 3.63. The van der Waals surface area contributed by atoms with Crippen LogP contribution in [0.5, 0.6) is 5.75 Å². The lowest BCUT2D eigenvalue weighted by Crippen LogP contribution is -2.58. The van der Waals surface area contributed by atoms with Gasteiger partial charge in [0, 0.05) is 28.6 Å². The zero-order valence-electron chi connectivity index (χ0n) is 18.4. The number of aromatic nitrogens is 1. The van der Waals surface area contributed by atoms with Gasteiger partial charge in [-0.2, -0.15) is 0 Å². The first-order valence-electron chi connectivity index (χ1n) is 11.1.